The Kier molecular flexibility index (Phi) is 69.1. The van der Waals surface area contributed by atoms with Crippen LogP contribution in [0.3, 0.4) is 0 Å². The third-order valence-corrected chi connectivity index (χ3v) is 17.5. The molecule has 0 spiro atoms. The molecule has 0 aliphatic rings. The second-order valence-corrected chi connectivity index (χ2v) is 28.1. The first-order valence-electron chi connectivity index (χ1n) is 38.4. The quantitative estimate of drug-likeness (QED) is 0.0169. The molecule has 0 aromatic carbocycles. The molecule has 0 radical (unpaired) electrons. The van der Waals surface area contributed by atoms with Gasteiger partial charge in [-0.05, 0) is 141 Å². The van der Waals surface area contributed by atoms with Gasteiger partial charge in [-0.15, -0.1) is 0 Å². The zero-order chi connectivity index (χ0) is 73.2. The van der Waals surface area contributed by atoms with E-state index in [2.05, 4.69) is 161 Å². The first-order chi connectivity index (χ1) is 48.7. The number of aliphatic hydroxyl groups is 1. The molecule has 0 aromatic rings. The van der Waals surface area contributed by atoms with E-state index >= 15 is 0 Å². The Hall–Kier alpha value is -4.80. The fourth-order valence-corrected chi connectivity index (χ4v) is 11.4. The molecule has 0 aliphatic heterocycles. The van der Waals surface area contributed by atoms with Crippen molar-refractivity contribution in [2.24, 2.45) is 0 Å². The van der Waals surface area contributed by atoms with Crippen LogP contribution in [0.1, 0.15) is 297 Å². The van der Waals surface area contributed by atoms with E-state index in [1.54, 1.807) is 0 Å². The summed E-state index contributed by atoms with van der Waals surface area (Å²) in [7, 11) is -9.98. The highest BCUT2D eigenvalue weighted by Crippen LogP contribution is 2.45. The van der Waals surface area contributed by atoms with Crippen molar-refractivity contribution in [3.63, 3.8) is 0 Å². The van der Waals surface area contributed by atoms with E-state index in [4.69, 9.17) is 37.0 Å². The van der Waals surface area contributed by atoms with Crippen molar-refractivity contribution in [3.8, 4) is 0 Å². The molecule has 0 amide bonds. The molecule has 0 rings (SSSR count). The summed E-state index contributed by atoms with van der Waals surface area (Å²) >= 11 is 0. The number of unbranched alkanes of at least 4 members (excludes halogenated alkanes) is 23. The zero-order valence-corrected chi connectivity index (χ0v) is 64.1. The largest absolute Gasteiger partial charge is 0.472 e. The van der Waals surface area contributed by atoms with Gasteiger partial charge in [-0.2, -0.15) is 0 Å². The molecule has 19 heteroatoms. The number of aliphatic hydroxyl groups excluding tert-OH is 1. The molecular formula is C81H136O17P2. The number of rotatable bonds is 71. The molecule has 0 fully saturated rings. The Bertz CT molecular complexity index is 2420. The lowest BCUT2D eigenvalue weighted by Crippen LogP contribution is -2.30. The highest BCUT2D eigenvalue weighted by molar-refractivity contribution is 7.47. The fraction of sp³-hybridized carbons (Fsp3) is 0.679. The number of carbonyl (C=O) groups is 4. The fourth-order valence-electron chi connectivity index (χ4n) is 9.80. The second-order valence-electron chi connectivity index (χ2n) is 25.2. The molecule has 5 atom stereocenters. The topological polar surface area (TPSA) is 237 Å². The van der Waals surface area contributed by atoms with Gasteiger partial charge < -0.3 is 33.8 Å². The van der Waals surface area contributed by atoms with E-state index < -0.39 is 97.5 Å². The molecule has 0 aliphatic carbocycles. The van der Waals surface area contributed by atoms with Crippen LogP contribution in [0.5, 0.6) is 0 Å². The molecule has 17 nitrogen and oxygen atoms in total. The third-order valence-electron chi connectivity index (χ3n) is 15.6. The van der Waals surface area contributed by atoms with Gasteiger partial charge in [-0.1, -0.05) is 264 Å². The summed E-state index contributed by atoms with van der Waals surface area (Å²) in [5, 5.41) is 10.6. The van der Waals surface area contributed by atoms with Gasteiger partial charge in [0, 0.05) is 25.7 Å². The monoisotopic (exact) mass is 1440 g/mol. The summed E-state index contributed by atoms with van der Waals surface area (Å²) in [6, 6.07) is 0. The average molecular weight is 1440 g/mol. The third kappa shape index (κ3) is 71.6. The Morgan fingerprint density at radius 1 is 0.290 bits per heavy atom. The van der Waals surface area contributed by atoms with E-state index in [9.17, 15) is 43.2 Å². The second kappa shape index (κ2) is 72.5. The lowest BCUT2D eigenvalue weighted by molar-refractivity contribution is -0.161. The van der Waals surface area contributed by atoms with Gasteiger partial charge >= 0.3 is 39.5 Å². The van der Waals surface area contributed by atoms with Gasteiger partial charge in [0.15, 0.2) is 12.2 Å². The Labute approximate surface area is 605 Å². The summed E-state index contributed by atoms with van der Waals surface area (Å²) in [4.78, 5) is 72.8. The van der Waals surface area contributed by atoms with E-state index in [-0.39, 0.29) is 25.7 Å². The summed E-state index contributed by atoms with van der Waals surface area (Å²) in [6.45, 7) is 4.49. The SMILES string of the molecule is CC/C=C\C/C=C\C/C=C\C/C=C\CCCCC(=O)OCC(COP(=O)(O)OCC(O)COP(=O)(O)OCC(COC(=O)CCCCCCCC/C=C\C/C=C\C/C=C\CCCCC)OC(=O)CCCC/C=C\C/C=C\C/C=C\C/C=C\CC)OC(=O)CCCCCCCCCCCCC. The zero-order valence-electron chi connectivity index (χ0n) is 62.3. The predicted octanol–water partition coefficient (Wildman–Crippen LogP) is 22.1. The van der Waals surface area contributed by atoms with Gasteiger partial charge in [-0.25, -0.2) is 9.13 Å². The number of hydrogen-bond donors (Lipinski definition) is 3. The lowest BCUT2D eigenvalue weighted by atomic mass is 10.1. The van der Waals surface area contributed by atoms with Crippen molar-refractivity contribution in [2.75, 3.05) is 39.6 Å². The molecule has 0 aromatic heterocycles. The number of phosphoric ester groups is 2. The van der Waals surface area contributed by atoms with Gasteiger partial charge in [0.2, 0.25) is 0 Å². The van der Waals surface area contributed by atoms with Crippen LogP contribution >= 0.6 is 15.6 Å². The normalized spacial score (nSPS) is 14.7. The summed E-state index contributed by atoms with van der Waals surface area (Å²) < 4.78 is 68.4. The predicted molar refractivity (Wildman–Crippen MR) is 408 cm³/mol. The van der Waals surface area contributed by atoms with Gasteiger partial charge in [-0.3, -0.25) is 37.3 Å². The number of phosphoric acid groups is 2. The maximum Gasteiger partial charge on any atom is 0.472 e. The highest BCUT2D eigenvalue weighted by Gasteiger charge is 2.30. The Morgan fingerprint density at radius 2 is 0.520 bits per heavy atom. The van der Waals surface area contributed by atoms with Crippen molar-refractivity contribution in [1.82, 2.24) is 0 Å². The molecule has 572 valence electrons. The molecule has 3 N–H and O–H groups in total. The number of allylic oxidation sites excluding steroid dienone is 22. The van der Waals surface area contributed by atoms with Crippen LogP contribution in [-0.4, -0.2) is 96.7 Å². The van der Waals surface area contributed by atoms with E-state index in [1.165, 1.54) is 57.8 Å². The van der Waals surface area contributed by atoms with Crippen LogP contribution in [0.25, 0.3) is 0 Å². The lowest BCUT2D eigenvalue weighted by Gasteiger charge is -2.21. The average Bonchev–Trinajstić information content (AvgIpc) is 0.945. The smallest absolute Gasteiger partial charge is 0.462 e. The minimum absolute atomic E-state index is 0.0359. The molecular weight excluding hydrogens is 1310 g/mol. The van der Waals surface area contributed by atoms with Crippen LogP contribution < -0.4 is 0 Å². The van der Waals surface area contributed by atoms with Gasteiger partial charge in [0.25, 0.3) is 0 Å². The van der Waals surface area contributed by atoms with E-state index in [1.807, 2.05) is 0 Å². The van der Waals surface area contributed by atoms with Crippen LogP contribution in [-0.2, 0) is 65.4 Å². The van der Waals surface area contributed by atoms with Crippen molar-refractivity contribution < 1.29 is 80.2 Å². The minimum Gasteiger partial charge on any atom is -0.462 e. The standard InChI is InChI=1S/C81H136O17P2/c1-5-9-13-17-21-25-29-32-35-36-37-38-41-43-47-50-54-58-62-66-79(84)92-72-77(98-81(86)68-64-60-56-52-48-44-40-34-31-27-23-19-15-11-7-3)74-96-100(89,90)94-70-75(82)69-93-99(87,88)95-73-76(97-80(85)67-63-59-55-51-45-28-24-20-16-12-8-4)71-91-78(83)65-61-57-53-49-46-42-39-33-30-26-22-18-14-10-6-2/h10-11,14-15,21-23,25-27,32-35,37-40,46,48-49,52,75-77,82H,5-9,12-13,16-20,24,28-31,36,41-45,47,50-51,53-74H2,1-4H3,(H,87,88)(H,89,90)/b14-10-,15-11-,25-21-,26-22-,27-23-,35-32-,38-37-,39-33-,40-34-,49-46-,52-48-. The van der Waals surface area contributed by atoms with Crippen LogP contribution in [0.4, 0.5) is 0 Å². The first-order valence-corrected chi connectivity index (χ1v) is 41.4. The number of hydrogen-bond acceptors (Lipinski definition) is 15. The molecule has 5 unspecified atom stereocenters. The maximum absolute atomic E-state index is 13.1. The van der Waals surface area contributed by atoms with Crippen molar-refractivity contribution in [3.05, 3.63) is 134 Å². The van der Waals surface area contributed by atoms with Crippen LogP contribution in [0.2, 0.25) is 0 Å². The van der Waals surface area contributed by atoms with E-state index in [0.717, 1.165) is 154 Å². The number of esters is 4. The Morgan fingerprint density at radius 3 is 0.840 bits per heavy atom. The van der Waals surface area contributed by atoms with Gasteiger partial charge in [0.05, 0.1) is 26.4 Å². The number of ether oxygens (including phenoxy) is 4. The summed E-state index contributed by atoms with van der Waals surface area (Å²) in [6.07, 6.45) is 80.2. The van der Waals surface area contributed by atoms with Crippen molar-refractivity contribution >= 4 is 39.5 Å². The number of carbonyl (C=O) groups excluding carboxylic acids is 4. The van der Waals surface area contributed by atoms with Crippen LogP contribution in [0.15, 0.2) is 134 Å². The summed E-state index contributed by atoms with van der Waals surface area (Å²) in [5.41, 5.74) is 0. The van der Waals surface area contributed by atoms with Crippen molar-refractivity contribution in [2.45, 2.75) is 316 Å². The summed E-state index contributed by atoms with van der Waals surface area (Å²) in [5.74, 6) is -2.29. The molecule has 100 heavy (non-hydrogen) atoms. The maximum atomic E-state index is 13.1. The van der Waals surface area contributed by atoms with Crippen molar-refractivity contribution in [1.29, 1.82) is 0 Å². The van der Waals surface area contributed by atoms with E-state index in [0.29, 0.717) is 32.1 Å². The Balaban J connectivity index is 5.40. The highest BCUT2D eigenvalue weighted by atomic mass is 31.2. The molecule has 0 heterocycles. The van der Waals surface area contributed by atoms with Gasteiger partial charge in [0.1, 0.15) is 19.3 Å². The molecule has 0 bridgehead atoms. The minimum atomic E-state index is -4.99. The van der Waals surface area contributed by atoms with Crippen LogP contribution in [0, 0.1) is 0 Å². The molecule has 0 saturated carbocycles. The molecule has 0 saturated heterocycles. The first kappa shape index (κ1) is 95.2.